The van der Waals surface area contributed by atoms with Gasteiger partial charge in [-0.1, -0.05) is 17.7 Å². The minimum Gasteiger partial charge on any atom is -0.207 e. The molecule has 0 saturated carbocycles. The van der Waals surface area contributed by atoms with Crippen molar-refractivity contribution in [2.45, 2.75) is 51.6 Å². The molecule has 0 atom stereocenters. The van der Waals surface area contributed by atoms with E-state index >= 15 is 0 Å². The molecule has 0 aliphatic heterocycles. The second-order valence-corrected chi connectivity index (χ2v) is 6.68. The zero-order valence-corrected chi connectivity index (χ0v) is 12.0. The van der Waals surface area contributed by atoms with Crippen molar-refractivity contribution in [2.75, 3.05) is 0 Å². The van der Waals surface area contributed by atoms with Crippen LogP contribution in [0.1, 0.15) is 33.3 Å². The van der Waals surface area contributed by atoms with Crippen molar-refractivity contribution < 1.29 is 8.42 Å². The van der Waals surface area contributed by atoms with E-state index in [1.807, 2.05) is 46.8 Å². The average molecular weight is 255 g/mol. The largest absolute Gasteiger partial charge is 0.243 e. The average Bonchev–Trinajstić information content (AvgIpc) is 2.16. The van der Waals surface area contributed by atoms with Gasteiger partial charge in [0.2, 0.25) is 10.0 Å². The first-order chi connectivity index (χ1) is 7.76. The summed E-state index contributed by atoms with van der Waals surface area (Å²) in [5.41, 5.74) is 1.06. The summed E-state index contributed by atoms with van der Waals surface area (Å²) in [5, 5.41) is 0. The molecule has 1 rings (SSSR count). The Balaban J connectivity index is 3.21. The molecule has 0 aliphatic rings. The van der Waals surface area contributed by atoms with Gasteiger partial charge in [0.15, 0.2) is 0 Å². The number of benzene rings is 1. The van der Waals surface area contributed by atoms with Gasteiger partial charge in [0.25, 0.3) is 0 Å². The minimum atomic E-state index is -3.38. The van der Waals surface area contributed by atoms with Crippen molar-refractivity contribution in [1.29, 1.82) is 0 Å². The molecule has 96 valence electrons. The summed E-state index contributed by atoms with van der Waals surface area (Å²) in [5.74, 6) is 0. The number of sulfonamides is 1. The Morgan fingerprint density at radius 3 is 1.71 bits per heavy atom. The molecule has 0 spiro atoms. The van der Waals surface area contributed by atoms with E-state index < -0.39 is 10.0 Å². The molecule has 0 amide bonds. The van der Waals surface area contributed by atoms with Crippen LogP contribution in [0.15, 0.2) is 29.2 Å². The number of hydrogen-bond acceptors (Lipinski definition) is 2. The standard InChI is InChI=1S/C13H21NO2S/c1-10(2)14(11(3)4)17(15,16)13-8-6-12(5)7-9-13/h6-11H,1-5H3. The molecule has 0 N–H and O–H groups in total. The summed E-state index contributed by atoms with van der Waals surface area (Å²) in [6, 6.07) is 6.91. The van der Waals surface area contributed by atoms with E-state index in [0.29, 0.717) is 4.90 Å². The minimum absolute atomic E-state index is 0.0405. The molecular weight excluding hydrogens is 234 g/mol. The van der Waals surface area contributed by atoms with Gasteiger partial charge in [-0.3, -0.25) is 0 Å². The molecule has 3 nitrogen and oxygen atoms in total. The van der Waals surface area contributed by atoms with Crippen LogP contribution in [0.25, 0.3) is 0 Å². The maximum Gasteiger partial charge on any atom is 0.243 e. The SMILES string of the molecule is Cc1ccc(S(=O)(=O)N(C(C)C)C(C)C)cc1. The first-order valence-electron chi connectivity index (χ1n) is 5.87. The zero-order chi connectivity index (χ0) is 13.2. The number of aryl methyl sites for hydroxylation is 1. The fourth-order valence-corrected chi connectivity index (χ4v) is 3.82. The fraction of sp³-hybridized carbons (Fsp3) is 0.538. The Labute approximate surface area is 105 Å². The van der Waals surface area contributed by atoms with Crippen molar-refractivity contribution in [1.82, 2.24) is 4.31 Å². The van der Waals surface area contributed by atoms with Crippen LogP contribution < -0.4 is 0 Å². The highest BCUT2D eigenvalue weighted by Crippen LogP contribution is 2.21. The van der Waals surface area contributed by atoms with Gasteiger partial charge in [-0.15, -0.1) is 0 Å². The van der Waals surface area contributed by atoms with Gasteiger partial charge in [-0.25, -0.2) is 8.42 Å². The van der Waals surface area contributed by atoms with Crippen LogP contribution in [0.2, 0.25) is 0 Å². The second-order valence-electron chi connectivity index (χ2n) is 4.84. The smallest absolute Gasteiger partial charge is 0.207 e. The first-order valence-corrected chi connectivity index (χ1v) is 7.31. The maximum absolute atomic E-state index is 12.5. The molecule has 0 aromatic heterocycles. The molecule has 0 aliphatic carbocycles. The topological polar surface area (TPSA) is 37.4 Å². The molecule has 17 heavy (non-hydrogen) atoms. The lowest BCUT2D eigenvalue weighted by molar-refractivity contribution is 0.302. The lowest BCUT2D eigenvalue weighted by Gasteiger charge is -2.29. The van der Waals surface area contributed by atoms with E-state index in [9.17, 15) is 8.42 Å². The van der Waals surface area contributed by atoms with Crippen molar-refractivity contribution in [3.63, 3.8) is 0 Å². The van der Waals surface area contributed by atoms with E-state index in [4.69, 9.17) is 0 Å². The van der Waals surface area contributed by atoms with Crippen molar-refractivity contribution in [3.05, 3.63) is 29.8 Å². The highest BCUT2D eigenvalue weighted by Gasteiger charge is 2.28. The Hall–Kier alpha value is -0.870. The van der Waals surface area contributed by atoms with Crippen LogP contribution in [-0.2, 0) is 10.0 Å². The lowest BCUT2D eigenvalue weighted by Crippen LogP contribution is -2.41. The van der Waals surface area contributed by atoms with Gasteiger partial charge in [-0.05, 0) is 46.8 Å². The predicted molar refractivity (Wildman–Crippen MR) is 70.5 cm³/mol. The molecule has 0 heterocycles. The highest BCUT2D eigenvalue weighted by molar-refractivity contribution is 7.89. The van der Waals surface area contributed by atoms with Crippen LogP contribution in [0.5, 0.6) is 0 Å². The quantitative estimate of drug-likeness (QED) is 0.829. The Morgan fingerprint density at radius 2 is 1.35 bits per heavy atom. The maximum atomic E-state index is 12.5. The summed E-state index contributed by atoms with van der Waals surface area (Å²) in [4.78, 5) is 0.366. The van der Waals surface area contributed by atoms with Crippen LogP contribution in [-0.4, -0.2) is 24.8 Å². The number of nitrogens with zero attached hydrogens (tertiary/aromatic N) is 1. The van der Waals surface area contributed by atoms with Gasteiger partial charge < -0.3 is 0 Å². The molecule has 0 fully saturated rings. The highest BCUT2D eigenvalue weighted by atomic mass is 32.2. The summed E-state index contributed by atoms with van der Waals surface area (Å²) < 4.78 is 26.4. The Morgan fingerprint density at radius 1 is 0.941 bits per heavy atom. The van der Waals surface area contributed by atoms with Crippen LogP contribution in [0.4, 0.5) is 0 Å². The normalized spacial score (nSPS) is 12.7. The molecule has 0 saturated heterocycles. The number of rotatable bonds is 4. The van der Waals surface area contributed by atoms with Gasteiger partial charge >= 0.3 is 0 Å². The van der Waals surface area contributed by atoms with Crippen molar-refractivity contribution >= 4 is 10.0 Å². The second kappa shape index (κ2) is 5.19. The van der Waals surface area contributed by atoms with Crippen LogP contribution >= 0.6 is 0 Å². The third-order valence-electron chi connectivity index (χ3n) is 2.61. The molecule has 0 unspecified atom stereocenters. The van der Waals surface area contributed by atoms with Crippen LogP contribution in [0.3, 0.4) is 0 Å². The first kappa shape index (κ1) is 14.2. The Kier molecular flexibility index (Phi) is 4.33. The molecule has 1 aromatic carbocycles. The van der Waals surface area contributed by atoms with Gasteiger partial charge in [0.05, 0.1) is 4.90 Å². The van der Waals surface area contributed by atoms with E-state index in [1.165, 1.54) is 4.31 Å². The molecule has 0 radical (unpaired) electrons. The zero-order valence-electron chi connectivity index (χ0n) is 11.1. The lowest BCUT2D eigenvalue weighted by atomic mass is 10.2. The van der Waals surface area contributed by atoms with Crippen molar-refractivity contribution in [2.24, 2.45) is 0 Å². The fourth-order valence-electron chi connectivity index (χ4n) is 1.98. The summed E-state index contributed by atoms with van der Waals surface area (Å²) >= 11 is 0. The molecule has 4 heteroatoms. The number of hydrogen-bond donors (Lipinski definition) is 0. The van der Waals surface area contributed by atoms with Gasteiger partial charge in [0.1, 0.15) is 0 Å². The van der Waals surface area contributed by atoms with E-state index in [0.717, 1.165) is 5.56 Å². The van der Waals surface area contributed by atoms with E-state index in [2.05, 4.69) is 0 Å². The third kappa shape index (κ3) is 3.07. The Bertz CT molecular complexity index is 453. The predicted octanol–water partition coefficient (Wildman–Crippen LogP) is 2.80. The molecule has 1 aromatic rings. The van der Waals surface area contributed by atoms with E-state index in [-0.39, 0.29) is 12.1 Å². The third-order valence-corrected chi connectivity index (χ3v) is 4.88. The summed E-state index contributed by atoms with van der Waals surface area (Å²) in [6.07, 6.45) is 0. The monoisotopic (exact) mass is 255 g/mol. The van der Waals surface area contributed by atoms with Crippen molar-refractivity contribution in [3.8, 4) is 0 Å². The van der Waals surface area contributed by atoms with E-state index in [1.54, 1.807) is 12.1 Å². The summed E-state index contributed by atoms with van der Waals surface area (Å²) in [6.45, 7) is 9.52. The molecule has 0 bridgehead atoms. The van der Waals surface area contributed by atoms with Crippen LogP contribution in [0, 0.1) is 6.92 Å². The van der Waals surface area contributed by atoms with Gasteiger partial charge in [0, 0.05) is 12.1 Å². The van der Waals surface area contributed by atoms with Gasteiger partial charge in [-0.2, -0.15) is 4.31 Å². The summed E-state index contributed by atoms with van der Waals surface area (Å²) in [7, 11) is -3.38. The molecular formula is C13H21NO2S.